The first-order valence-corrected chi connectivity index (χ1v) is 12.1. The number of carbonyl (C=O) groups excluding carboxylic acids is 3. The lowest BCUT2D eigenvalue weighted by Gasteiger charge is -2.48. The Labute approximate surface area is 149 Å². The summed E-state index contributed by atoms with van der Waals surface area (Å²) in [4.78, 5) is 38.4. The lowest BCUT2D eigenvalue weighted by molar-refractivity contribution is -0.146. The monoisotopic (exact) mass is 368 g/mol. The number of ketones is 1. The van der Waals surface area contributed by atoms with E-state index in [0.29, 0.717) is 19.4 Å². The van der Waals surface area contributed by atoms with Gasteiger partial charge in [0, 0.05) is 13.0 Å². The summed E-state index contributed by atoms with van der Waals surface area (Å²) in [5.41, 5.74) is 0. The summed E-state index contributed by atoms with van der Waals surface area (Å²) < 4.78 is 11.2. The molecular weight excluding hydrogens is 340 g/mol. The molecule has 0 bridgehead atoms. The van der Waals surface area contributed by atoms with E-state index < -0.39 is 32.4 Å². The van der Waals surface area contributed by atoms with Crippen LogP contribution < -0.4 is 5.32 Å². The third kappa shape index (κ3) is 4.49. The van der Waals surface area contributed by atoms with Gasteiger partial charge in [0.25, 0.3) is 0 Å². The molecule has 4 atom stereocenters. The Hall–Kier alpha value is -1.67. The number of ether oxygens (including phenoxy) is 1. The molecule has 0 aromatic heterocycles. The summed E-state index contributed by atoms with van der Waals surface area (Å²) in [5, 5.41) is 2.81. The van der Waals surface area contributed by atoms with Crippen molar-refractivity contribution >= 4 is 26.1 Å². The minimum Gasteiger partial charge on any atom is -0.445 e. The first-order chi connectivity index (χ1) is 11.7. The van der Waals surface area contributed by atoms with Crippen LogP contribution >= 0.6 is 0 Å². The molecule has 0 unspecified atom stereocenters. The van der Waals surface area contributed by atoms with Gasteiger partial charge in [0.1, 0.15) is 12.6 Å². The number of nitrogens with one attached hydrogen (secondary N) is 1. The molecule has 25 heavy (non-hydrogen) atoms. The van der Waals surface area contributed by atoms with E-state index in [2.05, 4.69) is 31.5 Å². The largest absolute Gasteiger partial charge is 0.445 e. The van der Waals surface area contributed by atoms with Crippen molar-refractivity contribution in [1.82, 2.24) is 10.2 Å². The second kappa shape index (κ2) is 7.70. The van der Waals surface area contributed by atoms with Gasteiger partial charge in [-0.2, -0.15) is 0 Å². The fourth-order valence-electron chi connectivity index (χ4n) is 3.53. The number of Topliss-reactive ketones (excluding diaryl/α,β-unsaturated/α-hetero) is 1. The molecule has 2 rings (SSSR count). The van der Waals surface area contributed by atoms with E-state index in [0.717, 1.165) is 0 Å². The van der Waals surface area contributed by atoms with E-state index >= 15 is 0 Å². The zero-order chi connectivity index (χ0) is 18.8. The number of hydrogen-bond acceptors (Lipinski definition) is 5. The van der Waals surface area contributed by atoms with E-state index in [1.165, 1.54) is 11.0 Å². The molecule has 1 N–H and O–H groups in total. The summed E-state index contributed by atoms with van der Waals surface area (Å²) in [6.45, 7) is 12.1. The van der Waals surface area contributed by atoms with Crippen molar-refractivity contribution in [2.45, 2.75) is 57.6 Å². The van der Waals surface area contributed by atoms with Crippen molar-refractivity contribution in [3.8, 4) is 0 Å². The van der Waals surface area contributed by atoms with E-state index in [4.69, 9.17) is 9.16 Å². The number of carbonyl (C=O) groups is 3. The summed E-state index contributed by atoms with van der Waals surface area (Å²) >= 11 is 0. The van der Waals surface area contributed by atoms with Gasteiger partial charge < -0.3 is 14.5 Å². The Morgan fingerprint density at radius 1 is 1.44 bits per heavy atom. The number of amides is 2. The lowest BCUT2D eigenvalue weighted by atomic mass is 9.78. The van der Waals surface area contributed by atoms with Gasteiger partial charge in [-0.25, -0.2) is 4.79 Å². The van der Waals surface area contributed by atoms with E-state index in [1.54, 1.807) is 0 Å². The molecule has 2 saturated heterocycles. The fraction of sp³-hybridized carbons (Fsp3) is 0.706. The van der Waals surface area contributed by atoms with Crippen LogP contribution in [0.5, 0.6) is 0 Å². The molecule has 0 radical (unpaired) electrons. The van der Waals surface area contributed by atoms with Gasteiger partial charge in [-0.15, -0.1) is 0 Å². The quantitative estimate of drug-likeness (QED) is 0.438. The smallest absolute Gasteiger partial charge is 0.410 e. The molecule has 8 heteroatoms. The second-order valence-corrected chi connectivity index (χ2v) is 12.0. The van der Waals surface area contributed by atoms with Gasteiger partial charge >= 0.3 is 6.09 Å². The lowest BCUT2D eigenvalue weighted by Crippen LogP contribution is -2.73. The maximum absolute atomic E-state index is 12.5. The molecule has 2 fully saturated rings. The summed E-state index contributed by atoms with van der Waals surface area (Å²) in [7, 11) is -1.83. The highest BCUT2D eigenvalue weighted by Crippen LogP contribution is 2.31. The standard InChI is InChI=1S/C17H28N2O5Si/c1-6-10-23-17(22)19-9-7-8-12(20)15(19)14-13(16(21)18-14)11(2)24-25(3,4)5/h6,11,13-15H,1,7-10H2,2-5H3,(H,18,21)/t11-,13-,14+,15-/m1/s1. The van der Waals surface area contributed by atoms with Crippen LogP contribution in [0.25, 0.3) is 0 Å². The highest BCUT2D eigenvalue weighted by Gasteiger charge is 2.53. The zero-order valence-electron chi connectivity index (χ0n) is 15.4. The highest BCUT2D eigenvalue weighted by atomic mass is 28.4. The van der Waals surface area contributed by atoms with E-state index in [1.807, 2.05) is 6.92 Å². The van der Waals surface area contributed by atoms with Crippen LogP contribution in [0.15, 0.2) is 12.7 Å². The van der Waals surface area contributed by atoms with Gasteiger partial charge in [-0.05, 0) is 33.0 Å². The predicted octanol–water partition coefficient (Wildman–Crippen LogP) is 1.70. The maximum atomic E-state index is 12.5. The normalized spacial score (nSPS) is 28.0. The molecule has 2 amide bonds. The zero-order valence-corrected chi connectivity index (χ0v) is 16.4. The van der Waals surface area contributed by atoms with Crippen LogP contribution in [0.1, 0.15) is 19.8 Å². The van der Waals surface area contributed by atoms with Gasteiger partial charge in [0.05, 0.1) is 18.1 Å². The Bertz CT molecular complexity index is 560. The number of nitrogens with zero attached hydrogens (tertiary/aromatic N) is 1. The van der Waals surface area contributed by atoms with Crippen LogP contribution in [0.2, 0.25) is 19.6 Å². The molecule has 0 aliphatic carbocycles. The Balaban J connectivity index is 2.16. The molecule has 7 nitrogen and oxygen atoms in total. The fourth-order valence-corrected chi connectivity index (χ4v) is 4.79. The van der Waals surface area contributed by atoms with Crippen LogP contribution in [-0.4, -0.2) is 62.3 Å². The topological polar surface area (TPSA) is 84.9 Å². The highest BCUT2D eigenvalue weighted by molar-refractivity contribution is 6.69. The number of rotatable bonds is 6. The van der Waals surface area contributed by atoms with Crippen LogP contribution in [0.4, 0.5) is 4.79 Å². The number of β-lactam (4-membered cyclic amide) rings is 1. The molecule has 2 heterocycles. The third-order valence-electron chi connectivity index (χ3n) is 4.43. The van der Waals surface area contributed by atoms with Gasteiger partial charge in [0.2, 0.25) is 5.91 Å². The molecule has 0 spiro atoms. The van der Waals surface area contributed by atoms with Crippen molar-refractivity contribution in [3.63, 3.8) is 0 Å². The van der Waals surface area contributed by atoms with Crippen LogP contribution in [0.3, 0.4) is 0 Å². The van der Waals surface area contributed by atoms with Gasteiger partial charge in [0.15, 0.2) is 14.1 Å². The van der Waals surface area contributed by atoms with Crippen molar-refractivity contribution in [2.75, 3.05) is 13.2 Å². The van der Waals surface area contributed by atoms with Gasteiger partial charge in [-0.3, -0.25) is 14.5 Å². The predicted molar refractivity (Wildman–Crippen MR) is 95.6 cm³/mol. The second-order valence-electron chi connectivity index (χ2n) is 7.57. The Kier molecular flexibility index (Phi) is 6.05. The van der Waals surface area contributed by atoms with Crippen LogP contribution in [-0.2, 0) is 18.8 Å². The molecule has 0 saturated carbocycles. The van der Waals surface area contributed by atoms with Crippen molar-refractivity contribution in [1.29, 1.82) is 0 Å². The Morgan fingerprint density at radius 3 is 2.68 bits per heavy atom. The molecule has 0 aromatic rings. The van der Waals surface area contributed by atoms with Crippen LogP contribution in [0, 0.1) is 5.92 Å². The average molecular weight is 369 g/mol. The number of likely N-dealkylation sites (tertiary alicyclic amines) is 1. The third-order valence-corrected chi connectivity index (χ3v) is 5.51. The molecule has 140 valence electrons. The van der Waals surface area contributed by atoms with E-state index in [9.17, 15) is 14.4 Å². The van der Waals surface area contributed by atoms with Gasteiger partial charge in [-0.1, -0.05) is 12.7 Å². The minimum absolute atomic E-state index is 0.0444. The first-order valence-electron chi connectivity index (χ1n) is 8.71. The SMILES string of the molecule is C=CCOC(=O)N1CCCC(=O)[C@@H]1[C@H]1NC(=O)[C@@H]1[C@@H](C)O[Si](C)(C)C. The van der Waals surface area contributed by atoms with Crippen molar-refractivity contribution in [3.05, 3.63) is 12.7 Å². The summed E-state index contributed by atoms with van der Waals surface area (Å²) in [6, 6.07) is -1.12. The molecular formula is C17H28N2O5Si. The van der Waals surface area contributed by atoms with E-state index in [-0.39, 0.29) is 24.4 Å². The average Bonchev–Trinajstić information content (AvgIpc) is 2.48. The Morgan fingerprint density at radius 2 is 2.12 bits per heavy atom. The summed E-state index contributed by atoms with van der Waals surface area (Å²) in [5.74, 6) is -0.612. The van der Waals surface area contributed by atoms with Crippen molar-refractivity contribution in [2.24, 2.45) is 5.92 Å². The number of piperidine rings is 1. The molecule has 0 aromatic carbocycles. The molecule has 2 aliphatic heterocycles. The minimum atomic E-state index is -1.83. The first kappa shape index (κ1) is 19.6. The van der Waals surface area contributed by atoms with Crippen molar-refractivity contribution < 1.29 is 23.5 Å². The summed E-state index contributed by atoms with van der Waals surface area (Å²) in [6.07, 6.45) is 1.64. The molecule has 2 aliphatic rings. The number of hydrogen-bond donors (Lipinski definition) is 1. The maximum Gasteiger partial charge on any atom is 0.410 e.